The van der Waals surface area contributed by atoms with E-state index >= 15 is 0 Å². The maximum absolute atomic E-state index is 11.6. The van der Waals surface area contributed by atoms with Crippen LogP contribution in [0.25, 0.3) is 0 Å². The smallest absolute Gasteiger partial charge is 0.239 e. The van der Waals surface area contributed by atoms with Crippen molar-refractivity contribution in [1.29, 1.82) is 0 Å². The number of hydrogen-bond donors (Lipinski definition) is 2. The molecule has 1 atom stereocenters. The molecule has 0 aliphatic carbocycles. The summed E-state index contributed by atoms with van der Waals surface area (Å²) >= 11 is 0. The fourth-order valence-corrected chi connectivity index (χ4v) is 1.58. The molecule has 1 amide bonds. The van der Waals surface area contributed by atoms with Crippen LogP contribution in [0.15, 0.2) is 18.7 Å². The normalized spacial score (nSPS) is 20.6. The van der Waals surface area contributed by atoms with Crippen LogP contribution < -0.4 is 10.6 Å². The number of ether oxygens (including phenoxy) is 1. The van der Waals surface area contributed by atoms with Gasteiger partial charge in [-0.05, 0) is 0 Å². The van der Waals surface area contributed by atoms with Crippen molar-refractivity contribution in [1.82, 2.24) is 20.2 Å². The molecule has 2 heterocycles. The molecule has 88 valence electrons. The number of amides is 1. The van der Waals surface area contributed by atoms with Gasteiger partial charge in [0.1, 0.15) is 6.04 Å². The number of carbonyl (C=O) groups excluding carboxylic acids is 1. The first-order valence-corrected chi connectivity index (χ1v) is 5.41. The van der Waals surface area contributed by atoms with Gasteiger partial charge in [-0.3, -0.25) is 4.79 Å². The second-order valence-electron chi connectivity index (χ2n) is 3.67. The van der Waals surface area contributed by atoms with E-state index in [1.54, 1.807) is 12.5 Å². The van der Waals surface area contributed by atoms with Crippen LogP contribution >= 0.6 is 0 Å². The van der Waals surface area contributed by atoms with Gasteiger partial charge in [0, 0.05) is 32.0 Å². The van der Waals surface area contributed by atoms with E-state index < -0.39 is 0 Å². The largest absolute Gasteiger partial charge is 0.378 e. The zero-order valence-corrected chi connectivity index (χ0v) is 9.06. The highest BCUT2D eigenvalue weighted by molar-refractivity contribution is 5.81. The SMILES string of the molecule is O=C(NCCn1ccnc1)C1COCCN1. The molecule has 0 spiro atoms. The molecular formula is C10H16N4O2. The fraction of sp³-hybridized carbons (Fsp3) is 0.600. The monoisotopic (exact) mass is 224 g/mol. The highest BCUT2D eigenvalue weighted by Crippen LogP contribution is 1.93. The lowest BCUT2D eigenvalue weighted by Gasteiger charge is -2.22. The Kier molecular flexibility index (Phi) is 3.90. The van der Waals surface area contributed by atoms with Gasteiger partial charge >= 0.3 is 0 Å². The summed E-state index contributed by atoms with van der Waals surface area (Å²) in [6.45, 7) is 3.21. The highest BCUT2D eigenvalue weighted by atomic mass is 16.5. The van der Waals surface area contributed by atoms with Crippen molar-refractivity contribution in [2.75, 3.05) is 26.3 Å². The molecule has 1 aliphatic heterocycles. The molecule has 1 fully saturated rings. The number of aromatic nitrogens is 2. The van der Waals surface area contributed by atoms with Crippen molar-refractivity contribution in [2.45, 2.75) is 12.6 Å². The molecule has 1 aromatic heterocycles. The molecule has 2 N–H and O–H groups in total. The van der Waals surface area contributed by atoms with Crippen molar-refractivity contribution >= 4 is 5.91 Å². The van der Waals surface area contributed by atoms with Crippen molar-refractivity contribution in [3.05, 3.63) is 18.7 Å². The van der Waals surface area contributed by atoms with E-state index in [-0.39, 0.29) is 11.9 Å². The van der Waals surface area contributed by atoms with Crippen LogP contribution in [-0.2, 0) is 16.1 Å². The molecule has 0 aromatic carbocycles. The Bertz CT molecular complexity index is 320. The van der Waals surface area contributed by atoms with Gasteiger partial charge in [0.2, 0.25) is 5.91 Å². The molecule has 1 aromatic rings. The molecule has 1 aliphatic rings. The Morgan fingerprint density at radius 3 is 3.31 bits per heavy atom. The third-order valence-electron chi connectivity index (χ3n) is 2.47. The second kappa shape index (κ2) is 5.62. The van der Waals surface area contributed by atoms with Crippen LogP contribution in [0.3, 0.4) is 0 Å². The predicted octanol–water partition coefficient (Wildman–Crippen LogP) is -1.01. The van der Waals surface area contributed by atoms with Gasteiger partial charge < -0.3 is 19.9 Å². The Morgan fingerprint density at radius 2 is 2.62 bits per heavy atom. The number of carbonyl (C=O) groups is 1. The number of imidazole rings is 1. The molecule has 6 nitrogen and oxygen atoms in total. The van der Waals surface area contributed by atoms with Crippen molar-refractivity contribution < 1.29 is 9.53 Å². The van der Waals surface area contributed by atoms with E-state index in [2.05, 4.69) is 15.6 Å². The number of morpholine rings is 1. The second-order valence-corrected chi connectivity index (χ2v) is 3.67. The summed E-state index contributed by atoms with van der Waals surface area (Å²) in [4.78, 5) is 15.6. The first-order chi connectivity index (χ1) is 7.86. The van der Waals surface area contributed by atoms with E-state index in [4.69, 9.17) is 4.74 Å². The van der Waals surface area contributed by atoms with Gasteiger partial charge in [-0.2, -0.15) is 0 Å². The average Bonchev–Trinajstić information content (AvgIpc) is 2.83. The first kappa shape index (κ1) is 11.1. The summed E-state index contributed by atoms with van der Waals surface area (Å²) in [5, 5.41) is 5.97. The minimum Gasteiger partial charge on any atom is -0.378 e. The Hall–Kier alpha value is -1.40. The Morgan fingerprint density at radius 1 is 1.69 bits per heavy atom. The van der Waals surface area contributed by atoms with Crippen LogP contribution in [0.1, 0.15) is 0 Å². The van der Waals surface area contributed by atoms with Crippen LogP contribution in [-0.4, -0.2) is 47.8 Å². The van der Waals surface area contributed by atoms with Gasteiger partial charge in [0.05, 0.1) is 19.5 Å². The Balaban J connectivity index is 1.67. The Labute approximate surface area is 94.0 Å². The van der Waals surface area contributed by atoms with Crippen LogP contribution in [0, 0.1) is 0 Å². The number of nitrogens with zero attached hydrogens (tertiary/aromatic N) is 2. The van der Waals surface area contributed by atoms with E-state index in [1.165, 1.54) is 0 Å². The minimum absolute atomic E-state index is 0.000171. The molecule has 1 saturated heterocycles. The van der Waals surface area contributed by atoms with Gasteiger partial charge in [-0.1, -0.05) is 0 Å². The molecule has 0 bridgehead atoms. The zero-order valence-electron chi connectivity index (χ0n) is 9.06. The molecular weight excluding hydrogens is 208 g/mol. The third kappa shape index (κ3) is 3.04. The minimum atomic E-state index is -0.212. The van der Waals surface area contributed by atoms with Gasteiger partial charge in [0.15, 0.2) is 0 Å². The lowest BCUT2D eigenvalue weighted by Crippen LogP contribution is -2.51. The lowest BCUT2D eigenvalue weighted by molar-refractivity contribution is -0.125. The summed E-state index contributed by atoms with van der Waals surface area (Å²) < 4.78 is 7.14. The summed E-state index contributed by atoms with van der Waals surface area (Å²) in [6, 6.07) is -0.212. The van der Waals surface area contributed by atoms with E-state index in [0.29, 0.717) is 19.8 Å². The van der Waals surface area contributed by atoms with E-state index in [9.17, 15) is 4.79 Å². The topological polar surface area (TPSA) is 68.2 Å². The number of hydrogen-bond acceptors (Lipinski definition) is 4. The third-order valence-corrected chi connectivity index (χ3v) is 2.47. The fourth-order valence-electron chi connectivity index (χ4n) is 1.58. The summed E-state index contributed by atoms with van der Waals surface area (Å²) in [6.07, 6.45) is 5.32. The molecule has 0 saturated carbocycles. The van der Waals surface area contributed by atoms with Crippen molar-refractivity contribution in [3.63, 3.8) is 0 Å². The number of nitrogens with one attached hydrogen (secondary N) is 2. The molecule has 0 radical (unpaired) electrons. The maximum atomic E-state index is 11.6. The van der Waals surface area contributed by atoms with Crippen LogP contribution in [0.4, 0.5) is 0 Å². The predicted molar refractivity (Wildman–Crippen MR) is 57.8 cm³/mol. The van der Waals surface area contributed by atoms with Gasteiger partial charge in [0.25, 0.3) is 0 Å². The van der Waals surface area contributed by atoms with E-state index in [0.717, 1.165) is 13.1 Å². The highest BCUT2D eigenvalue weighted by Gasteiger charge is 2.20. The summed E-state index contributed by atoms with van der Waals surface area (Å²) in [5.41, 5.74) is 0. The lowest BCUT2D eigenvalue weighted by atomic mass is 10.2. The van der Waals surface area contributed by atoms with Crippen LogP contribution in [0.2, 0.25) is 0 Å². The molecule has 2 rings (SSSR count). The molecule has 1 unspecified atom stereocenters. The van der Waals surface area contributed by atoms with Gasteiger partial charge in [-0.25, -0.2) is 4.98 Å². The summed E-state index contributed by atoms with van der Waals surface area (Å²) in [5.74, 6) is -0.000171. The zero-order chi connectivity index (χ0) is 11.2. The van der Waals surface area contributed by atoms with Crippen molar-refractivity contribution in [2.24, 2.45) is 0 Å². The first-order valence-electron chi connectivity index (χ1n) is 5.41. The summed E-state index contributed by atoms with van der Waals surface area (Å²) in [7, 11) is 0. The quantitative estimate of drug-likeness (QED) is 0.687. The number of rotatable bonds is 4. The maximum Gasteiger partial charge on any atom is 0.239 e. The molecule has 6 heteroatoms. The van der Waals surface area contributed by atoms with Crippen molar-refractivity contribution in [3.8, 4) is 0 Å². The van der Waals surface area contributed by atoms with E-state index in [1.807, 2.05) is 10.8 Å². The van der Waals surface area contributed by atoms with Gasteiger partial charge in [-0.15, -0.1) is 0 Å². The average molecular weight is 224 g/mol. The standard InChI is InChI=1S/C10H16N4O2/c15-10(9-7-16-6-3-12-9)13-2-5-14-4-1-11-8-14/h1,4,8-9,12H,2-3,5-7H2,(H,13,15). The van der Waals surface area contributed by atoms with Crippen LogP contribution in [0.5, 0.6) is 0 Å². The molecule has 16 heavy (non-hydrogen) atoms.